The molecule has 2 heterocycles. The average Bonchev–Trinajstić information content (AvgIpc) is 2.85. The van der Waals surface area contributed by atoms with E-state index < -0.39 is 0 Å². The first-order valence-corrected chi connectivity index (χ1v) is 6.62. The predicted molar refractivity (Wildman–Crippen MR) is 83.5 cm³/mol. The minimum absolute atomic E-state index is 0.0218. The first-order chi connectivity index (χ1) is 10.6. The van der Waals surface area contributed by atoms with E-state index in [0.717, 1.165) is 0 Å². The summed E-state index contributed by atoms with van der Waals surface area (Å²) in [7, 11) is 1.78. The van der Waals surface area contributed by atoms with Crippen molar-refractivity contribution in [2.75, 3.05) is 12.3 Å². The van der Waals surface area contributed by atoms with E-state index in [2.05, 4.69) is 21.6 Å². The van der Waals surface area contributed by atoms with Gasteiger partial charge in [0.05, 0.1) is 5.39 Å². The number of aromatic nitrogens is 4. The van der Waals surface area contributed by atoms with Gasteiger partial charge >= 0.3 is 0 Å². The van der Waals surface area contributed by atoms with Crippen molar-refractivity contribution in [3.05, 3.63) is 37.2 Å². The average molecular weight is 297 g/mol. The number of phenolic OH excluding ortho intramolecular Hbond substituents is 1. The summed E-state index contributed by atoms with van der Waals surface area (Å²) in [5, 5.41) is 15.1. The molecule has 112 valence electrons. The highest BCUT2D eigenvalue weighted by Crippen LogP contribution is 2.35. The molecule has 0 aliphatic rings. The third kappa shape index (κ3) is 2.22. The van der Waals surface area contributed by atoms with E-state index in [0.29, 0.717) is 40.5 Å². The zero-order valence-electron chi connectivity index (χ0n) is 12.0. The molecule has 0 radical (unpaired) electrons. The van der Waals surface area contributed by atoms with Gasteiger partial charge in [-0.15, -0.1) is 0 Å². The summed E-state index contributed by atoms with van der Waals surface area (Å²) in [5.41, 5.74) is 7.89. The molecule has 1 aromatic carbocycles. The Morgan fingerprint density at radius 1 is 1.41 bits per heavy atom. The molecule has 7 nitrogen and oxygen atoms in total. The fourth-order valence-electron chi connectivity index (χ4n) is 2.25. The van der Waals surface area contributed by atoms with Crippen LogP contribution in [0.1, 0.15) is 0 Å². The van der Waals surface area contributed by atoms with Crippen LogP contribution in [0.15, 0.2) is 37.2 Å². The number of nitrogens with two attached hydrogens (primary N) is 1. The van der Waals surface area contributed by atoms with Gasteiger partial charge in [-0.1, -0.05) is 12.7 Å². The first kappa shape index (κ1) is 13.9. The van der Waals surface area contributed by atoms with E-state index in [4.69, 9.17) is 10.5 Å². The van der Waals surface area contributed by atoms with Crippen molar-refractivity contribution >= 4 is 16.9 Å². The highest BCUT2D eigenvalue weighted by molar-refractivity contribution is 5.98. The van der Waals surface area contributed by atoms with Gasteiger partial charge in [0, 0.05) is 12.6 Å². The molecule has 22 heavy (non-hydrogen) atoms. The van der Waals surface area contributed by atoms with E-state index in [1.165, 1.54) is 6.33 Å². The van der Waals surface area contributed by atoms with Gasteiger partial charge in [-0.05, 0) is 18.2 Å². The second-order valence-corrected chi connectivity index (χ2v) is 4.71. The van der Waals surface area contributed by atoms with Crippen molar-refractivity contribution < 1.29 is 9.84 Å². The first-order valence-electron chi connectivity index (χ1n) is 6.62. The Labute approximate surface area is 126 Å². The zero-order chi connectivity index (χ0) is 15.7. The lowest BCUT2D eigenvalue weighted by Gasteiger charge is -2.07. The number of aromatic hydroxyl groups is 1. The fraction of sp³-hybridized carbons (Fsp3) is 0.133. The number of hydrogen-bond acceptors (Lipinski definition) is 6. The molecule has 0 amide bonds. The molecule has 0 aliphatic carbocycles. The van der Waals surface area contributed by atoms with E-state index >= 15 is 0 Å². The van der Waals surface area contributed by atoms with Gasteiger partial charge in [0.2, 0.25) is 0 Å². The molecule has 0 fully saturated rings. The van der Waals surface area contributed by atoms with Gasteiger partial charge in [-0.25, -0.2) is 14.6 Å². The molecule has 3 N–H and O–H groups in total. The quantitative estimate of drug-likeness (QED) is 0.713. The van der Waals surface area contributed by atoms with Crippen LogP contribution >= 0.6 is 0 Å². The summed E-state index contributed by atoms with van der Waals surface area (Å²) in [6.45, 7) is 3.89. The molecule has 3 aromatic rings. The molecule has 7 heteroatoms. The number of benzene rings is 1. The van der Waals surface area contributed by atoms with E-state index in [1.54, 1.807) is 36.0 Å². The summed E-state index contributed by atoms with van der Waals surface area (Å²) in [6, 6.07) is 5.05. The summed E-state index contributed by atoms with van der Waals surface area (Å²) in [6.07, 6.45) is 3.00. The van der Waals surface area contributed by atoms with E-state index in [9.17, 15) is 5.11 Å². The number of nitrogen functional groups attached to an aromatic ring is 1. The van der Waals surface area contributed by atoms with Crippen LogP contribution in [0.5, 0.6) is 11.5 Å². The summed E-state index contributed by atoms with van der Waals surface area (Å²) in [5.74, 6) is 0.751. The molecule has 0 unspecified atom stereocenters. The van der Waals surface area contributed by atoms with Crippen molar-refractivity contribution in [3.63, 3.8) is 0 Å². The second-order valence-electron chi connectivity index (χ2n) is 4.71. The molecule has 0 saturated carbocycles. The van der Waals surface area contributed by atoms with Crippen LogP contribution in [0, 0.1) is 0 Å². The highest BCUT2D eigenvalue weighted by Gasteiger charge is 2.16. The van der Waals surface area contributed by atoms with Gasteiger partial charge in [0.25, 0.3) is 0 Å². The Morgan fingerprint density at radius 3 is 2.95 bits per heavy atom. The predicted octanol–water partition coefficient (Wildman–Crippen LogP) is 1.88. The van der Waals surface area contributed by atoms with Crippen LogP contribution in [0.2, 0.25) is 0 Å². The molecular weight excluding hydrogens is 282 g/mol. The Morgan fingerprint density at radius 2 is 2.23 bits per heavy atom. The van der Waals surface area contributed by atoms with Crippen molar-refractivity contribution in [3.8, 4) is 22.8 Å². The minimum Gasteiger partial charge on any atom is -0.504 e. The number of phenols is 1. The van der Waals surface area contributed by atoms with E-state index in [1.807, 2.05) is 0 Å². The number of aryl methyl sites for hydroxylation is 1. The Kier molecular flexibility index (Phi) is 3.38. The zero-order valence-corrected chi connectivity index (χ0v) is 12.0. The number of ether oxygens (including phenoxy) is 1. The molecular formula is C15H15N5O2. The maximum Gasteiger partial charge on any atom is 0.163 e. The monoisotopic (exact) mass is 297 g/mol. The van der Waals surface area contributed by atoms with Crippen molar-refractivity contribution in [1.82, 2.24) is 19.7 Å². The summed E-state index contributed by atoms with van der Waals surface area (Å²) < 4.78 is 6.98. The highest BCUT2D eigenvalue weighted by atomic mass is 16.5. The lowest BCUT2D eigenvalue weighted by Crippen LogP contribution is -1.95. The van der Waals surface area contributed by atoms with Gasteiger partial charge in [-0.2, -0.15) is 5.10 Å². The molecule has 0 atom stereocenters. The van der Waals surface area contributed by atoms with Crippen LogP contribution in [-0.4, -0.2) is 31.5 Å². The maximum atomic E-state index is 10.1. The number of hydrogen-bond donors (Lipinski definition) is 2. The van der Waals surface area contributed by atoms with Gasteiger partial charge in [0.15, 0.2) is 17.1 Å². The van der Waals surface area contributed by atoms with Crippen molar-refractivity contribution in [2.45, 2.75) is 0 Å². The van der Waals surface area contributed by atoms with Crippen LogP contribution in [0.3, 0.4) is 0 Å². The van der Waals surface area contributed by atoms with Crippen molar-refractivity contribution in [2.24, 2.45) is 7.05 Å². The lowest BCUT2D eigenvalue weighted by molar-refractivity contribution is 0.336. The smallest absolute Gasteiger partial charge is 0.163 e. The number of rotatable bonds is 4. The summed E-state index contributed by atoms with van der Waals surface area (Å²) >= 11 is 0. The standard InChI is InChI=1S/C15H15N5O2/c1-3-6-22-11-5-4-9(7-10(11)21)13-12-14(16)17-8-18-15(12)20(2)19-13/h3-5,7-8,21H,1,6H2,2H3,(H2,16,17,18). The fourth-order valence-corrected chi connectivity index (χ4v) is 2.25. The van der Waals surface area contributed by atoms with Crippen LogP contribution in [-0.2, 0) is 7.05 Å². The lowest BCUT2D eigenvalue weighted by atomic mass is 10.1. The molecule has 0 bridgehead atoms. The van der Waals surface area contributed by atoms with E-state index in [-0.39, 0.29) is 5.75 Å². The molecule has 0 aliphatic heterocycles. The largest absolute Gasteiger partial charge is 0.504 e. The van der Waals surface area contributed by atoms with Crippen molar-refractivity contribution in [1.29, 1.82) is 0 Å². The Balaban J connectivity index is 2.12. The van der Waals surface area contributed by atoms with Gasteiger partial charge in [-0.3, -0.25) is 0 Å². The third-order valence-electron chi connectivity index (χ3n) is 3.24. The van der Waals surface area contributed by atoms with Crippen LogP contribution in [0.25, 0.3) is 22.3 Å². The number of fused-ring (bicyclic) bond motifs is 1. The Bertz CT molecular complexity index is 857. The number of anilines is 1. The topological polar surface area (TPSA) is 99.1 Å². The SMILES string of the molecule is C=CCOc1ccc(-c2nn(C)c3ncnc(N)c23)cc1O. The minimum atomic E-state index is 0.0218. The van der Waals surface area contributed by atoms with Gasteiger partial charge < -0.3 is 15.6 Å². The Hall–Kier alpha value is -3.09. The molecule has 0 saturated heterocycles. The number of nitrogens with zero attached hydrogens (tertiary/aromatic N) is 4. The third-order valence-corrected chi connectivity index (χ3v) is 3.24. The second kappa shape index (κ2) is 5.36. The molecule has 2 aromatic heterocycles. The van der Waals surface area contributed by atoms with Crippen LogP contribution < -0.4 is 10.5 Å². The molecule has 0 spiro atoms. The normalized spacial score (nSPS) is 10.8. The van der Waals surface area contributed by atoms with Crippen LogP contribution in [0.4, 0.5) is 5.82 Å². The van der Waals surface area contributed by atoms with Gasteiger partial charge in [0.1, 0.15) is 24.4 Å². The molecule has 3 rings (SSSR count). The summed E-state index contributed by atoms with van der Waals surface area (Å²) in [4.78, 5) is 8.18. The maximum absolute atomic E-state index is 10.1.